The number of furan rings is 1. The number of hydrogen-bond donors (Lipinski definition) is 1. The number of halogens is 1. The van der Waals surface area contributed by atoms with Gasteiger partial charge in [-0.05, 0) is 41.8 Å². The molecule has 0 fully saturated rings. The zero-order valence-corrected chi connectivity index (χ0v) is 19.1. The quantitative estimate of drug-likeness (QED) is 0.331. The normalized spacial score (nSPS) is 16.2. The maximum atomic E-state index is 13.6. The molecular weight excluding hydrogens is 494 g/mol. The van der Waals surface area contributed by atoms with Crippen molar-refractivity contribution in [1.82, 2.24) is 0 Å². The van der Waals surface area contributed by atoms with Crippen LogP contribution in [0, 0.1) is 0 Å². The second-order valence-corrected chi connectivity index (χ2v) is 9.05. The lowest BCUT2D eigenvalue weighted by atomic mass is 10.00. The fourth-order valence-corrected chi connectivity index (χ4v) is 5.10. The fourth-order valence-electron chi connectivity index (χ4n) is 3.89. The van der Waals surface area contributed by atoms with Crippen LogP contribution in [0.4, 0.5) is 5.69 Å². The molecule has 5 rings (SSSR count). The van der Waals surface area contributed by atoms with Gasteiger partial charge in [-0.1, -0.05) is 40.2 Å². The summed E-state index contributed by atoms with van der Waals surface area (Å²) in [6.45, 7) is 0. The molecule has 0 bridgehead atoms. The number of para-hydroxylation sites is 1. The van der Waals surface area contributed by atoms with Gasteiger partial charge in [-0.3, -0.25) is 14.5 Å². The highest BCUT2D eigenvalue weighted by Crippen LogP contribution is 2.44. The number of ether oxygens (including phenoxy) is 1. The van der Waals surface area contributed by atoms with Crippen molar-refractivity contribution >= 4 is 55.6 Å². The summed E-state index contributed by atoms with van der Waals surface area (Å²) in [5.41, 5.74) is 0.970. The molecule has 0 saturated heterocycles. The van der Waals surface area contributed by atoms with E-state index in [1.54, 1.807) is 42.5 Å². The molecule has 1 aliphatic rings. The third-order valence-corrected chi connectivity index (χ3v) is 6.72. The van der Waals surface area contributed by atoms with Crippen molar-refractivity contribution in [3.8, 4) is 5.75 Å². The highest BCUT2D eigenvalue weighted by atomic mass is 79.9. The van der Waals surface area contributed by atoms with E-state index < -0.39 is 23.5 Å². The minimum Gasteiger partial charge on any atom is -0.503 e. The molecule has 1 aliphatic heterocycles. The summed E-state index contributed by atoms with van der Waals surface area (Å²) in [5, 5.41) is 13.4. The Hall–Kier alpha value is -3.36. The van der Waals surface area contributed by atoms with Gasteiger partial charge >= 0.3 is 0 Å². The summed E-state index contributed by atoms with van der Waals surface area (Å²) >= 11 is 4.82. The molecule has 3 heterocycles. The molecular formula is C24H16BrNO5S. The van der Waals surface area contributed by atoms with Gasteiger partial charge in [-0.25, -0.2) is 0 Å². The summed E-state index contributed by atoms with van der Waals surface area (Å²) in [6, 6.07) is 17.0. The molecule has 160 valence electrons. The van der Waals surface area contributed by atoms with Crippen LogP contribution in [0.5, 0.6) is 5.75 Å². The highest BCUT2D eigenvalue weighted by molar-refractivity contribution is 9.10. The fraction of sp³-hybridized carbons (Fsp3) is 0.0833. The second kappa shape index (κ2) is 7.96. The van der Waals surface area contributed by atoms with Crippen molar-refractivity contribution in [2.45, 2.75) is 6.04 Å². The van der Waals surface area contributed by atoms with E-state index in [9.17, 15) is 14.7 Å². The Bertz CT molecular complexity index is 1390. The summed E-state index contributed by atoms with van der Waals surface area (Å²) in [7, 11) is 1.52. The highest BCUT2D eigenvalue weighted by Gasteiger charge is 2.46. The predicted molar refractivity (Wildman–Crippen MR) is 125 cm³/mol. The number of carbonyl (C=O) groups is 2. The average molecular weight is 510 g/mol. The van der Waals surface area contributed by atoms with E-state index in [0.29, 0.717) is 22.4 Å². The van der Waals surface area contributed by atoms with Gasteiger partial charge in [0.2, 0.25) is 5.78 Å². The predicted octanol–water partition coefficient (Wildman–Crippen LogP) is 6.05. The van der Waals surface area contributed by atoms with Crippen LogP contribution in [0.1, 0.15) is 21.5 Å². The third kappa shape index (κ3) is 3.23. The average Bonchev–Trinajstić information content (AvgIpc) is 3.52. The smallest absolute Gasteiger partial charge is 0.294 e. The molecule has 1 atom stereocenters. The van der Waals surface area contributed by atoms with Gasteiger partial charge in [0.05, 0.1) is 12.7 Å². The van der Waals surface area contributed by atoms with Crippen LogP contribution in [0.15, 0.2) is 86.3 Å². The number of aliphatic hydroxyl groups is 1. The number of rotatable bonds is 5. The lowest BCUT2D eigenvalue weighted by Gasteiger charge is -2.25. The van der Waals surface area contributed by atoms with Crippen LogP contribution < -0.4 is 9.64 Å². The van der Waals surface area contributed by atoms with Gasteiger partial charge in [0.25, 0.3) is 5.91 Å². The number of methoxy groups -OCH3 is 1. The molecule has 8 heteroatoms. The topological polar surface area (TPSA) is 80.0 Å². The standard InChI is InChI=1S/C24H16BrNO5S/c1-30-16-8-2-5-13-11-17(31-23(13)16)21(27)19-20(18-9-4-10-32-18)26(24(29)22(19)28)15-7-3-6-14(25)12-15/h2-12,20,28H,1H3. The first-order valence-electron chi connectivity index (χ1n) is 9.66. The second-order valence-electron chi connectivity index (χ2n) is 7.15. The van der Waals surface area contributed by atoms with Gasteiger partial charge in [0.1, 0.15) is 6.04 Å². The van der Waals surface area contributed by atoms with Crippen molar-refractivity contribution in [3.63, 3.8) is 0 Å². The monoisotopic (exact) mass is 509 g/mol. The molecule has 1 N–H and O–H groups in total. The first-order chi connectivity index (χ1) is 15.5. The maximum absolute atomic E-state index is 13.6. The molecule has 4 aromatic rings. The van der Waals surface area contributed by atoms with E-state index in [1.165, 1.54) is 23.3 Å². The Balaban J connectivity index is 1.65. The van der Waals surface area contributed by atoms with E-state index in [-0.39, 0.29) is 11.3 Å². The molecule has 1 unspecified atom stereocenters. The molecule has 32 heavy (non-hydrogen) atoms. The van der Waals surface area contributed by atoms with E-state index in [4.69, 9.17) is 9.15 Å². The number of Topliss-reactive ketones (excluding diaryl/α,β-unsaturated/α-hetero) is 1. The number of anilines is 1. The third-order valence-electron chi connectivity index (χ3n) is 5.30. The Morgan fingerprint density at radius 2 is 1.97 bits per heavy atom. The molecule has 6 nitrogen and oxygen atoms in total. The van der Waals surface area contributed by atoms with Crippen molar-refractivity contribution in [3.05, 3.63) is 92.5 Å². The number of carbonyl (C=O) groups excluding carboxylic acids is 2. The number of thiophene rings is 1. The van der Waals surface area contributed by atoms with Crippen LogP contribution in [-0.4, -0.2) is 23.9 Å². The first-order valence-corrected chi connectivity index (χ1v) is 11.3. The Morgan fingerprint density at radius 1 is 1.16 bits per heavy atom. The number of hydrogen-bond acceptors (Lipinski definition) is 6. The number of benzene rings is 2. The molecule has 2 aromatic carbocycles. The molecule has 2 aromatic heterocycles. The number of ketones is 1. The van der Waals surface area contributed by atoms with E-state index in [0.717, 1.165) is 9.35 Å². The van der Waals surface area contributed by atoms with Crippen molar-refractivity contribution in [2.75, 3.05) is 12.0 Å². The zero-order valence-electron chi connectivity index (χ0n) is 16.7. The van der Waals surface area contributed by atoms with Gasteiger partial charge < -0.3 is 14.3 Å². The van der Waals surface area contributed by atoms with Gasteiger partial charge in [0.15, 0.2) is 22.9 Å². The Kier molecular flexibility index (Phi) is 5.11. The Morgan fingerprint density at radius 3 is 2.69 bits per heavy atom. The lowest BCUT2D eigenvalue weighted by Crippen LogP contribution is -2.30. The van der Waals surface area contributed by atoms with Crippen LogP contribution in [0.2, 0.25) is 0 Å². The van der Waals surface area contributed by atoms with Gasteiger partial charge in [-0.2, -0.15) is 0 Å². The van der Waals surface area contributed by atoms with Crippen LogP contribution in [0.25, 0.3) is 11.0 Å². The Labute approximate surface area is 195 Å². The van der Waals surface area contributed by atoms with Crippen LogP contribution >= 0.6 is 27.3 Å². The van der Waals surface area contributed by atoms with Crippen molar-refractivity contribution in [2.24, 2.45) is 0 Å². The number of fused-ring (bicyclic) bond motifs is 1. The molecule has 0 aliphatic carbocycles. The maximum Gasteiger partial charge on any atom is 0.294 e. The molecule has 0 radical (unpaired) electrons. The van der Waals surface area contributed by atoms with Crippen molar-refractivity contribution in [1.29, 1.82) is 0 Å². The molecule has 0 spiro atoms. The summed E-state index contributed by atoms with van der Waals surface area (Å²) < 4.78 is 11.9. The van der Waals surface area contributed by atoms with Crippen LogP contribution in [0.3, 0.4) is 0 Å². The van der Waals surface area contributed by atoms with Gasteiger partial charge in [0, 0.05) is 20.4 Å². The lowest BCUT2D eigenvalue weighted by molar-refractivity contribution is -0.117. The summed E-state index contributed by atoms with van der Waals surface area (Å²) in [5.74, 6) is -1.26. The summed E-state index contributed by atoms with van der Waals surface area (Å²) in [6.07, 6.45) is 0. The van der Waals surface area contributed by atoms with E-state index in [1.807, 2.05) is 23.6 Å². The molecule has 0 saturated carbocycles. The number of amides is 1. The largest absolute Gasteiger partial charge is 0.503 e. The van der Waals surface area contributed by atoms with Crippen LogP contribution in [-0.2, 0) is 4.79 Å². The number of nitrogens with zero attached hydrogens (tertiary/aromatic N) is 1. The zero-order chi connectivity index (χ0) is 22.4. The summed E-state index contributed by atoms with van der Waals surface area (Å²) in [4.78, 5) is 28.9. The van der Waals surface area contributed by atoms with Crippen molar-refractivity contribution < 1.29 is 23.8 Å². The minimum absolute atomic E-state index is 0.0181. The van der Waals surface area contributed by atoms with E-state index in [2.05, 4.69) is 15.9 Å². The van der Waals surface area contributed by atoms with Gasteiger partial charge in [-0.15, -0.1) is 11.3 Å². The SMILES string of the molecule is COc1cccc2cc(C(=O)C3=C(O)C(=O)N(c4cccc(Br)c4)C3c3cccs3)oc12. The minimum atomic E-state index is -0.778. The number of aliphatic hydroxyl groups excluding tert-OH is 1. The van der Waals surface area contributed by atoms with E-state index >= 15 is 0 Å². The molecule has 1 amide bonds. The first kappa shape index (κ1) is 20.5.